The Kier molecular flexibility index (Phi) is 6.45. The van der Waals surface area contributed by atoms with Crippen LogP contribution < -0.4 is 5.32 Å². The minimum absolute atomic E-state index is 0.0584. The zero-order valence-electron chi connectivity index (χ0n) is 16.7. The number of hydrogen-bond donors (Lipinski definition) is 1. The number of benzene rings is 1. The summed E-state index contributed by atoms with van der Waals surface area (Å²) in [5, 5.41) is 5.48. The number of carbonyl (C=O) groups excluding carboxylic acids is 1. The van der Waals surface area contributed by atoms with Crippen LogP contribution in [0.4, 0.5) is 0 Å². The first-order valence-electron chi connectivity index (χ1n) is 10.6. The lowest BCUT2D eigenvalue weighted by atomic mass is 10.0. The van der Waals surface area contributed by atoms with Gasteiger partial charge in [-0.3, -0.25) is 14.6 Å². The van der Waals surface area contributed by atoms with Gasteiger partial charge in [0, 0.05) is 36.6 Å². The summed E-state index contributed by atoms with van der Waals surface area (Å²) in [6, 6.07) is 15.6. The number of nitrogens with zero attached hydrogens (tertiary/aromatic N) is 2. The fraction of sp³-hybridized carbons (Fsp3) is 0.522. The largest absolute Gasteiger partial charge is 0.352 e. The number of likely N-dealkylation sites (tertiary alicyclic amines) is 2. The second-order valence-electron chi connectivity index (χ2n) is 8.13. The van der Waals surface area contributed by atoms with Crippen LogP contribution in [0.1, 0.15) is 49.1 Å². The van der Waals surface area contributed by atoms with E-state index in [-0.39, 0.29) is 11.9 Å². The maximum absolute atomic E-state index is 12.9. The van der Waals surface area contributed by atoms with E-state index in [1.807, 2.05) is 11.3 Å². The van der Waals surface area contributed by atoms with Crippen molar-refractivity contribution in [1.82, 2.24) is 15.1 Å². The molecule has 4 nitrogen and oxygen atoms in total. The van der Waals surface area contributed by atoms with Crippen LogP contribution in [0.3, 0.4) is 0 Å². The summed E-state index contributed by atoms with van der Waals surface area (Å²) in [7, 11) is 0. The number of nitrogens with one attached hydrogen (secondary N) is 1. The molecule has 0 saturated carbocycles. The fourth-order valence-corrected chi connectivity index (χ4v) is 5.47. The molecular weight excluding hydrogens is 366 g/mol. The summed E-state index contributed by atoms with van der Waals surface area (Å²) in [5.41, 5.74) is 1.37. The third-order valence-electron chi connectivity index (χ3n) is 6.23. The van der Waals surface area contributed by atoms with Crippen molar-refractivity contribution < 1.29 is 4.79 Å². The molecule has 0 radical (unpaired) electrons. The van der Waals surface area contributed by atoms with E-state index in [1.54, 1.807) is 0 Å². The highest BCUT2D eigenvalue weighted by Gasteiger charge is 2.34. The van der Waals surface area contributed by atoms with Gasteiger partial charge in [0.2, 0.25) is 5.91 Å². The summed E-state index contributed by atoms with van der Waals surface area (Å²) in [5.74, 6) is 0.199. The molecule has 2 unspecified atom stereocenters. The second kappa shape index (κ2) is 9.21. The Labute approximate surface area is 172 Å². The van der Waals surface area contributed by atoms with E-state index in [4.69, 9.17) is 0 Å². The van der Waals surface area contributed by atoms with Gasteiger partial charge in [-0.2, -0.15) is 0 Å². The Morgan fingerprint density at radius 1 is 1.11 bits per heavy atom. The maximum Gasteiger partial charge on any atom is 0.237 e. The second-order valence-corrected chi connectivity index (χ2v) is 9.11. The molecule has 2 aromatic rings. The Morgan fingerprint density at radius 3 is 2.61 bits per heavy atom. The Balaban J connectivity index is 1.26. The Bertz CT molecular complexity index is 740. The minimum Gasteiger partial charge on any atom is -0.352 e. The van der Waals surface area contributed by atoms with Crippen molar-refractivity contribution in [2.75, 3.05) is 19.6 Å². The van der Waals surface area contributed by atoms with Crippen LogP contribution >= 0.6 is 11.3 Å². The molecular formula is C23H31N3OS. The molecule has 150 valence electrons. The number of carbonyl (C=O) groups is 1. The number of amides is 1. The molecule has 2 saturated heterocycles. The zero-order valence-corrected chi connectivity index (χ0v) is 17.5. The topological polar surface area (TPSA) is 35.6 Å². The van der Waals surface area contributed by atoms with Gasteiger partial charge in [0.25, 0.3) is 0 Å². The smallest absolute Gasteiger partial charge is 0.237 e. The Hall–Kier alpha value is -1.69. The summed E-state index contributed by atoms with van der Waals surface area (Å²) < 4.78 is 0. The summed E-state index contributed by atoms with van der Waals surface area (Å²) in [6.07, 6.45) is 4.42. The van der Waals surface area contributed by atoms with Crippen molar-refractivity contribution in [1.29, 1.82) is 0 Å². The molecule has 0 spiro atoms. The average Bonchev–Trinajstić information content (AvgIpc) is 3.41. The lowest BCUT2D eigenvalue weighted by molar-refractivity contribution is -0.127. The van der Waals surface area contributed by atoms with Gasteiger partial charge in [-0.05, 0) is 56.2 Å². The van der Waals surface area contributed by atoms with E-state index < -0.39 is 0 Å². The van der Waals surface area contributed by atoms with Crippen LogP contribution in [0.15, 0.2) is 47.8 Å². The van der Waals surface area contributed by atoms with Crippen LogP contribution in [-0.2, 0) is 11.3 Å². The Morgan fingerprint density at radius 2 is 1.89 bits per heavy atom. The van der Waals surface area contributed by atoms with Gasteiger partial charge in [-0.1, -0.05) is 36.4 Å². The summed E-state index contributed by atoms with van der Waals surface area (Å²) in [6.45, 7) is 6.21. The van der Waals surface area contributed by atoms with Gasteiger partial charge in [0.15, 0.2) is 0 Å². The molecule has 2 aliphatic rings. The lowest BCUT2D eigenvalue weighted by Crippen LogP contribution is -2.50. The predicted molar refractivity (Wildman–Crippen MR) is 115 cm³/mol. The molecule has 1 amide bonds. The molecule has 1 aromatic heterocycles. The SMILES string of the molecule is CC(C(=O)NC1CCN(Cc2ccccc2)CC1)N1CCCC1c1cccs1. The van der Waals surface area contributed by atoms with Gasteiger partial charge < -0.3 is 5.32 Å². The molecule has 2 fully saturated rings. The van der Waals surface area contributed by atoms with Gasteiger partial charge in [-0.25, -0.2) is 0 Å². The number of thiophene rings is 1. The minimum atomic E-state index is -0.0584. The lowest BCUT2D eigenvalue weighted by Gasteiger charge is -2.34. The molecule has 1 aromatic carbocycles. The molecule has 0 bridgehead atoms. The standard InChI is InChI=1S/C23H31N3OS/c1-18(26-13-5-9-21(26)22-10-6-16-28-22)23(27)24-20-11-14-25(15-12-20)17-19-7-3-2-4-8-19/h2-4,6-8,10,16,18,20-21H,5,9,11-15,17H2,1H3,(H,24,27). The van der Waals surface area contributed by atoms with Crippen LogP contribution in [0.25, 0.3) is 0 Å². The van der Waals surface area contributed by atoms with Crippen molar-refractivity contribution in [2.24, 2.45) is 0 Å². The number of piperidine rings is 1. The van der Waals surface area contributed by atoms with Crippen molar-refractivity contribution in [3.8, 4) is 0 Å². The summed E-state index contributed by atoms with van der Waals surface area (Å²) in [4.78, 5) is 19.2. The van der Waals surface area contributed by atoms with Crippen molar-refractivity contribution in [3.05, 3.63) is 58.3 Å². The molecule has 1 N–H and O–H groups in total. The van der Waals surface area contributed by atoms with E-state index in [0.717, 1.165) is 45.4 Å². The first-order valence-corrected chi connectivity index (χ1v) is 11.4. The highest BCUT2D eigenvalue weighted by Crippen LogP contribution is 2.35. The molecule has 2 atom stereocenters. The van der Waals surface area contributed by atoms with Gasteiger partial charge in [0.05, 0.1) is 6.04 Å². The van der Waals surface area contributed by atoms with Crippen LogP contribution in [0.2, 0.25) is 0 Å². The quantitative estimate of drug-likeness (QED) is 0.799. The normalized spacial score (nSPS) is 23.0. The van der Waals surface area contributed by atoms with Gasteiger partial charge >= 0.3 is 0 Å². The molecule has 2 aliphatic heterocycles. The van der Waals surface area contributed by atoms with E-state index in [2.05, 4.69) is 69.9 Å². The van der Waals surface area contributed by atoms with Gasteiger partial charge in [-0.15, -0.1) is 11.3 Å². The van der Waals surface area contributed by atoms with E-state index >= 15 is 0 Å². The fourth-order valence-electron chi connectivity index (χ4n) is 4.59. The van der Waals surface area contributed by atoms with E-state index in [9.17, 15) is 4.79 Å². The van der Waals surface area contributed by atoms with Crippen LogP contribution in [0, 0.1) is 0 Å². The van der Waals surface area contributed by atoms with Crippen LogP contribution in [-0.4, -0.2) is 47.4 Å². The number of rotatable bonds is 6. The molecule has 28 heavy (non-hydrogen) atoms. The maximum atomic E-state index is 12.9. The third-order valence-corrected chi connectivity index (χ3v) is 7.20. The molecule has 5 heteroatoms. The van der Waals surface area contributed by atoms with Crippen molar-refractivity contribution in [2.45, 2.75) is 57.3 Å². The predicted octanol–water partition coefficient (Wildman–Crippen LogP) is 4.05. The molecule has 4 rings (SSSR count). The monoisotopic (exact) mass is 397 g/mol. The summed E-state index contributed by atoms with van der Waals surface area (Å²) >= 11 is 1.81. The highest BCUT2D eigenvalue weighted by atomic mass is 32.1. The van der Waals surface area contributed by atoms with Crippen LogP contribution in [0.5, 0.6) is 0 Å². The van der Waals surface area contributed by atoms with E-state index in [1.165, 1.54) is 16.9 Å². The molecule has 0 aliphatic carbocycles. The third kappa shape index (κ3) is 4.65. The highest BCUT2D eigenvalue weighted by molar-refractivity contribution is 7.10. The number of hydrogen-bond acceptors (Lipinski definition) is 4. The van der Waals surface area contributed by atoms with E-state index in [0.29, 0.717) is 12.1 Å². The first kappa shape index (κ1) is 19.6. The van der Waals surface area contributed by atoms with Crippen molar-refractivity contribution in [3.63, 3.8) is 0 Å². The molecule has 3 heterocycles. The average molecular weight is 398 g/mol. The van der Waals surface area contributed by atoms with Crippen molar-refractivity contribution >= 4 is 17.2 Å². The first-order chi connectivity index (χ1) is 13.7. The zero-order chi connectivity index (χ0) is 19.3. The van der Waals surface area contributed by atoms with Gasteiger partial charge in [0.1, 0.15) is 0 Å².